The zero-order chi connectivity index (χ0) is 9.14. The topological polar surface area (TPSA) is 34.1 Å². The lowest BCUT2D eigenvalue weighted by molar-refractivity contribution is 0.105. The van der Waals surface area contributed by atoms with Crippen molar-refractivity contribution >= 4 is 33.7 Å². The van der Waals surface area contributed by atoms with Gasteiger partial charge in [-0.05, 0) is 35.3 Å². The van der Waals surface area contributed by atoms with Crippen molar-refractivity contribution in [2.24, 2.45) is 0 Å². The number of carbonyl (C=O) groups excluding carboxylic acids is 2. The molecule has 0 saturated carbocycles. The lowest BCUT2D eigenvalue weighted by atomic mass is 10.2. The Morgan fingerprint density at radius 2 is 1.25 bits per heavy atom. The molecule has 0 saturated heterocycles. The molecular weight excluding hydrogens is 201 g/mol. The van der Waals surface area contributed by atoms with Gasteiger partial charge in [-0.15, -0.1) is 0 Å². The molecule has 0 N–H and O–H groups in total. The van der Waals surface area contributed by atoms with Crippen molar-refractivity contribution in [1.29, 1.82) is 0 Å². The molecule has 62 valence electrons. The summed E-state index contributed by atoms with van der Waals surface area (Å²) in [7, 11) is 0. The lowest BCUT2D eigenvalue weighted by Gasteiger charge is -1.98. The maximum Gasteiger partial charge on any atom is 0.253 e. The largest absolute Gasteiger partial charge is 0.276 e. The molecule has 0 aliphatic carbocycles. The molecule has 4 heteroatoms. The second-order valence-electron chi connectivity index (χ2n) is 2.09. The first kappa shape index (κ1) is 9.23. The third-order valence-electron chi connectivity index (χ3n) is 1.35. The van der Waals surface area contributed by atoms with Crippen LogP contribution in [0.1, 0.15) is 20.7 Å². The van der Waals surface area contributed by atoms with Gasteiger partial charge in [-0.1, -0.05) is 12.1 Å². The van der Waals surface area contributed by atoms with Gasteiger partial charge in [0.05, 0.1) is 0 Å². The van der Waals surface area contributed by atoms with Gasteiger partial charge in [-0.2, -0.15) is 0 Å². The van der Waals surface area contributed by atoms with Gasteiger partial charge in [0, 0.05) is 11.1 Å². The fourth-order valence-corrected chi connectivity index (χ4v) is 1.16. The number of benzene rings is 1. The van der Waals surface area contributed by atoms with E-state index in [1.165, 1.54) is 12.1 Å². The normalized spacial score (nSPS) is 9.50. The number of hydrogen-bond acceptors (Lipinski definition) is 2. The van der Waals surface area contributed by atoms with E-state index in [1.807, 2.05) is 0 Å². The summed E-state index contributed by atoms with van der Waals surface area (Å²) in [4.78, 5) is 21.5. The van der Waals surface area contributed by atoms with Gasteiger partial charge in [0.25, 0.3) is 10.5 Å². The molecule has 0 spiro atoms. The Morgan fingerprint density at radius 3 is 1.50 bits per heavy atom. The number of rotatable bonds is 2. The van der Waals surface area contributed by atoms with Crippen LogP contribution in [0.2, 0.25) is 0 Å². The van der Waals surface area contributed by atoms with Crippen molar-refractivity contribution in [3.05, 3.63) is 35.4 Å². The predicted octanol–water partition coefficient (Wildman–Crippen LogP) is 2.44. The van der Waals surface area contributed by atoms with Crippen molar-refractivity contribution in [3.63, 3.8) is 0 Å². The molecule has 0 aromatic heterocycles. The molecule has 0 heterocycles. The second kappa shape index (κ2) is 3.70. The predicted molar refractivity (Wildman–Crippen MR) is 46.8 cm³/mol. The highest BCUT2D eigenvalue weighted by atomic mass is 35.5. The van der Waals surface area contributed by atoms with E-state index in [9.17, 15) is 9.59 Å². The molecule has 12 heavy (non-hydrogen) atoms. The molecule has 0 aliphatic heterocycles. The van der Waals surface area contributed by atoms with Crippen LogP contribution in [0, 0.1) is 0 Å². The Balaban J connectivity index is 3.27. The summed E-state index contributed by atoms with van der Waals surface area (Å²) in [6, 6.07) is 6.12. The van der Waals surface area contributed by atoms with Gasteiger partial charge in [-0.3, -0.25) is 9.59 Å². The molecule has 0 aliphatic rings. The minimum absolute atomic E-state index is 0.138. The standard InChI is InChI=1S/C8H4Cl2O2/c9-7(11)5-3-1-2-4-6(5)8(10)12/h1-4H/i7+1,8+1. The molecule has 0 bridgehead atoms. The van der Waals surface area contributed by atoms with Crippen molar-refractivity contribution in [1.82, 2.24) is 0 Å². The van der Waals surface area contributed by atoms with Crippen LogP contribution in [0.3, 0.4) is 0 Å². The molecular formula is C8H4Cl2O2. The molecule has 1 aromatic rings. The molecule has 0 fully saturated rings. The monoisotopic (exact) mass is 204 g/mol. The summed E-state index contributed by atoms with van der Waals surface area (Å²) in [6.45, 7) is 0. The second-order valence-corrected chi connectivity index (χ2v) is 2.78. The van der Waals surface area contributed by atoms with Crippen LogP contribution in [0.15, 0.2) is 24.3 Å². The van der Waals surface area contributed by atoms with Crippen LogP contribution >= 0.6 is 23.2 Å². The SMILES string of the molecule is O=[13C](Cl)c1ccccc1[13C](=O)Cl. The van der Waals surface area contributed by atoms with E-state index in [1.54, 1.807) is 12.1 Å². The first-order chi connectivity index (χ1) is 5.63. The lowest BCUT2D eigenvalue weighted by Crippen LogP contribution is -1.99. The minimum atomic E-state index is -0.681. The summed E-state index contributed by atoms with van der Waals surface area (Å²) in [5, 5.41) is -1.36. The smallest absolute Gasteiger partial charge is 0.253 e. The van der Waals surface area contributed by atoms with Gasteiger partial charge in [-0.25, -0.2) is 0 Å². The Bertz CT molecular complexity index is 301. The van der Waals surface area contributed by atoms with E-state index in [4.69, 9.17) is 23.2 Å². The highest BCUT2D eigenvalue weighted by molar-refractivity contribution is 6.71. The van der Waals surface area contributed by atoms with Crippen molar-refractivity contribution in [2.75, 3.05) is 0 Å². The average molecular weight is 205 g/mol. The maximum absolute atomic E-state index is 10.7. The molecule has 0 radical (unpaired) electrons. The third kappa shape index (κ3) is 1.84. The van der Waals surface area contributed by atoms with Crippen LogP contribution in [-0.4, -0.2) is 10.5 Å². The fraction of sp³-hybridized carbons (Fsp3) is 0. The van der Waals surface area contributed by atoms with E-state index in [-0.39, 0.29) is 11.1 Å². The van der Waals surface area contributed by atoms with Crippen molar-refractivity contribution < 1.29 is 9.59 Å². The fourth-order valence-electron chi connectivity index (χ4n) is 0.826. The van der Waals surface area contributed by atoms with Crippen LogP contribution in [-0.2, 0) is 0 Å². The minimum Gasteiger partial charge on any atom is -0.276 e. The van der Waals surface area contributed by atoms with Gasteiger partial charge in [0.1, 0.15) is 0 Å². The molecule has 2 nitrogen and oxygen atoms in total. The zero-order valence-corrected chi connectivity index (χ0v) is 7.39. The molecule has 0 atom stereocenters. The van der Waals surface area contributed by atoms with Crippen LogP contribution in [0.25, 0.3) is 0 Å². The third-order valence-corrected chi connectivity index (χ3v) is 1.76. The summed E-state index contributed by atoms with van der Waals surface area (Å²) < 4.78 is 0. The van der Waals surface area contributed by atoms with Gasteiger partial charge < -0.3 is 0 Å². The summed E-state index contributed by atoms with van der Waals surface area (Å²) in [5.41, 5.74) is 0.276. The zero-order valence-electron chi connectivity index (χ0n) is 5.88. The summed E-state index contributed by atoms with van der Waals surface area (Å²) >= 11 is 10.4. The van der Waals surface area contributed by atoms with Crippen LogP contribution < -0.4 is 0 Å². The van der Waals surface area contributed by atoms with E-state index < -0.39 is 10.5 Å². The molecule has 1 rings (SSSR count). The Labute approximate surface area is 79.1 Å². The van der Waals surface area contributed by atoms with Gasteiger partial charge >= 0.3 is 0 Å². The number of carbonyl (C=O) groups is 2. The maximum atomic E-state index is 10.7. The summed E-state index contributed by atoms with van der Waals surface area (Å²) in [6.07, 6.45) is 0. The van der Waals surface area contributed by atoms with Crippen molar-refractivity contribution in [2.45, 2.75) is 0 Å². The Hall–Kier alpha value is -0.860. The highest BCUT2D eigenvalue weighted by Crippen LogP contribution is 2.13. The van der Waals surface area contributed by atoms with E-state index in [0.29, 0.717) is 0 Å². The Morgan fingerprint density at radius 1 is 0.917 bits per heavy atom. The van der Waals surface area contributed by atoms with Gasteiger partial charge in [0.15, 0.2) is 0 Å². The van der Waals surface area contributed by atoms with Crippen molar-refractivity contribution in [3.8, 4) is 0 Å². The van der Waals surface area contributed by atoms with E-state index in [2.05, 4.69) is 0 Å². The summed E-state index contributed by atoms with van der Waals surface area (Å²) in [5.74, 6) is 0. The molecule has 1 aromatic carbocycles. The molecule has 0 amide bonds. The average Bonchev–Trinajstić information content (AvgIpc) is 2.04. The van der Waals surface area contributed by atoms with Crippen LogP contribution in [0.5, 0.6) is 0 Å². The van der Waals surface area contributed by atoms with E-state index in [0.717, 1.165) is 0 Å². The first-order valence-corrected chi connectivity index (χ1v) is 3.87. The Kier molecular flexibility index (Phi) is 2.84. The molecule has 0 unspecified atom stereocenters. The van der Waals surface area contributed by atoms with Crippen LogP contribution in [0.4, 0.5) is 0 Å². The quantitative estimate of drug-likeness (QED) is 0.548. The first-order valence-electron chi connectivity index (χ1n) is 3.11. The van der Waals surface area contributed by atoms with Gasteiger partial charge in [0.2, 0.25) is 0 Å². The number of hydrogen-bond donors (Lipinski definition) is 0. The highest BCUT2D eigenvalue weighted by Gasteiger charge is 2.12. The van der Waals surface area contributed by atoms with E-state index >= 15 is 0 Å². The number of halogens is 2.